The lowest BCUT2D eigenvalue weighted by atomic mass is 9.87. The summed E-state index contributed by atoms with van der Waals surface area (Å²) in [6, 6.07) is 4.92. The molecule has 3 rings (SSSR count). The van der Waals surface area contributed by atoms with Crippen LogP contribution in [0.3, 0.4) is 0 Å². The van der Waals surface area contributed by atoms with Crippen molar-refractivity contribution in [2.45, 2.75) is 36.6 Å². The number of benzene rings is 1. The lowest BCUT2D eigenvalue weighted by Crippen LogP contribution is -2.38. The van der Waals surface area contributed by atoms with Gasteiger partial charge in [-0.2, -0.15) is 0 Å². The van der Waals surface area contributed by atoms with Crippen LogP contribution in [0.1, 0.15) is 25.7 Å². The fraction of sp³-hybridized carbons (Fsp3) is 0.375. The minimum Gasteiger partial charge on any atom is -0.481 e. The van der Waals surface area contributed by atoms with Crippen molar-refractivity contribution in [2.75, 3.05) is 0 Å². The monoisotopic (exact) mass is 379 g/mol. The molecule has 2 aromatic rings. The predicted octanol–water partition coefficient (Wildman–Crippen LogP) is 2.06. The standard InChI is InChI=1S/C16H17N3O6S/c20-16(21)10-3-5-11(6-4-10)18-26(24,25)14-8-7-13(19(22)23)12-2-1-9-17-15(12)14/h1-2,7-11,18H,3-6H2,(H,20,21). The van der Waals surface area contributed by atoms with Crippen molar-refractivity contribution in [3.63, 3.8) is 0 Å². The number of hydrogen-bond acceptors (Lipinski definition) is 6. The third-order valence-corrected chi connectivity index (χ3v) is 6.15. The van der Waals surface area contributed by atoms with E-state index in [0.29, 0.717) is 25.7 Å². The molecule has 0 bridgehead atoms. The minimum atomic E-state index is -3.95. The van der Waals surface area contributed by atoms with Crippen LogP contribution in [0.5, 0.6) is 0 Å². The molecular formula is C16H17N3O6S. The molecule has 0 atom stereocenters. The van der Waals surface area contributed by atoms with Gasteiger partial charge in [-0.15, -0.1) is 0 Å². The summed E-state index contributed by atoms with van der Waals surface area (Å²) in [5, 5.41) is 20.3. The van der Waals surface area contributed by atoms with E-state index in [1.54, 1.807) is 0 Å². The Morgan fingerprint density at radius 2 is 1.92 bits per heavy atom. The van der Waals surface area contributed by atoms with Crippen LogP contribution in [0.2, 0.25) is 0 Å². The molecule has 26 heavy (non-hydrogen) atoms. The van der Waals surface area contributed by atoms with Gasteiger partial charge in [-0.25, -0.2) is 13.1 Å². The van der Waals surface area contributed by atoms with E-state index in [-0.39, 0.29) is 27.5 Å². The summed E-state index contributed by atoms with van der Waals surface area (Å²) in [6.07, 6.45) is 3.04. The van der Waals surface area contributed by atoms with E-state index in [9.17, 15) is 23.3 Å². The van der Waals surface area contributed by atoms with Crippen molar-refractivity contribution < 1.29 is 23.2 Å². The number of carbonyl (C=O) groups is 1. The maximum absolute atomic E-state index is 12.8. The van der Waals surface area contributed by atoms with Crippen LogP contribution in [0.15, 0.2) is 35.4 Å². The number of nitrogens with zero attached hydrogens (tertiary/aromatic N) is 2. The first kappa shape index (κ1) is 18.2. The Morgan fingerprint density at radius 1 is 1.23 bits per heavy atom. The molecule has 1 aromatic heterocycles. The van der Waals surface area contributed by atoms with Crippen LogP contribution < -0.4 is 4.72 Å². The number of nitro groups is 1. The number of nitro benzene ring substituents is 1. The maximum Gasteiger partial charge on any atom is 0.306 e. The van der Waals surface area contributed by atoms with E-state index in [2.05, 4.69) is 9.71 Å². The molecule has 2 N–H and O–H groups in total. The predicted molar refractivity (Wildman–Crippen MR) is 92.1 cm³/mol. The summed E-state index contributed by atoms with van der Waals surface area (Å²) in [6.45, 7) is 0. The second-order valence-corrected chi connectivity index (χ2v) is 7.93. The number of carboxylic acids is 1. The molecule has 0 saturated heterocycles. The van der Waals surface area contributed by atoms with Crippen molar-refractivity contribution in [2.24, 2.45) is 5.92 Å². The normalized spacial score (nSPS) is 20.8. The molecule has 1 saturated carbocycles. The molecule has 1 aliphatic carbocycles. The van der Waals surface area contributed by atoms with Gasteiger partial charge in [0.15, 0.2) is 0 Å². The van der Waals surface area contributed by atoms with Crippen molar-refractivity contribution in [1.29, 1.82) is 0 Å². The number of aromatic nitrogens is 1. The Balaban J connectivity index is 1.90. The lowest BCUT2D eigenvalue weighted by Gasteiger charge is -2.26. The molecule has 0 amide bonds. The van der Waals surface area contributed by atoms with E-state index >= 15 is 0 Å². The summed E-state index contributed by atoms with van der Waals surface area (Å²) in [7, 11) is -3.95. The van der Waals surface area contributed by atoms with Gasteiger partial charge in [-0.1, -0.05) is 0 Å². The maximum atomic E-state index is 12.8. The average molecular weight is 379 g/mol. The highest BCUT2D eigenvalue weighted by molar-refractivity contribution is 7.89. The Hall–Kier alpha value is -2.59. The van der Waals surface area contributed by atoms with Crippen LogP contribution in [0.25, 0.3) is 10.9 Å². The number of hydrogen-bond donors (Lipinski definition) is 2. The second-order valence-electron chi connectivity index (χ2n) is 6.25. The molecule has 0 aliphatic heterocycles. The van der Waals surface area contributed by atoms with Crippen LogP contribution in [0, 0.1) is 16.0 Å². The third kappa shape index (κ3) is 3.51. The Morgan fingerprint density at radius 3 is 2.54 bits per heavy atom. The highest BCUT2D eigenvalue weighted by Gasteiger charge is 2.30. The second kappa shape index (κ2) is 6.96. The molecule has 0 unspecified atom stereocenters. The van der Waals surface area contributed by atoms with Crippen LogP contribution >= 0.6 is 0 Å². The summed E-state index contributed by atoms with van der Waals surface area (Å²) >= 11 is 0. The molecule has 9 nitrogen and oxygen atoms in total. The minimum absolute atomic E-state index is 0.0356. The molecule has 0 spiro atoms. The number of pyridine rings is 1. The summed E-state index contributed by atoms with van der Waals surface area (Å²) < 4.78 is 28.1. The molecule has 1 aliphatic rings. The quantitative estimate of drug-likeness (QED) is 0.598. The smallest absolute Gasteiger partial charge is 0.306 e. The molecule has 138 valence electrons. The van der Waals surface area contributed by atoms with Crippen LogP contribution in [-0.2, 0) is 14.8 Å². The highest BCUT2D eigenvalue weighted by Crippen LogP contribution is 2.30. The van der Waals surface area contributed by atoms with Gasteiger partial charge >= 0.3 is 5.97 Å². The van der Waals surface area contributed by atoms with Crippen molar-refractivity contribution in [3.8, 4) is 0 Å². The topological polar surface area (TPSA) is 140 Å². The van der Waals surface area contributed by atoms with Gasteiger partial charge in [0.05, 0.1) is 21.7 Å². The fourth-order valence-electron chi connectivity index (χ4n) is 3.25. The first-order valence-electron chi connectivity index (χ1n) is 8.07. The van der Waals surface area contributed by atoms with Gasteiger partial charge in [0, 0.05) is 18.3 Å². The third-order valence-electron chi connectivity index (χ3n) is 4.59. The van der Waals surface area contributed by atoms with Gasteiger partial charge < -0.3 is 5.11 Å². The van der Waals surface area contributed by atoms with Crippen LogP contribution in [-0.4, -0.2) is 35.4 Å². The number of sulfonamides is 1. The molecule has 1 aromatic carbocycles. The number of rotatable bonds is 5. The number of nitrogens with one attached hydrogen (secondary N) is 1. The molecule has 1 fully saturated rings. The van der Waals surface area contributed by atoms with Gasteiger partial charge in [0.2, 0.25) is 10.0 Å². The molecular weight excluding hydrogens is 362 g/mol. The zero-order valence-electron chi connectivity index (χ0n) is 13.7. The zero-order valence-corrected chi connectivity index (χ0v) is 14.5. The zero-order chi connectivity index (χ0) is 18.9. The number of non-ortho nitro benzene ring substituents is 1. The molecule has 10 heteroatoms. The van der Waals surface area contributed by atoms with E-state index in [1.165, 1.54) is 24.4 Å². The number of fused-ring (bicyclic) bond motifs is 1. The SMILES string of the molecule is O=C(O)C1CCC(NS(=O)(=O)c2ccc([N+](=O)[O-])c3cccnc23)CC1. The van der Waals surface area contributed by atoms with Crippen LogP contribution in [0.4, 0.5) is 5.69 Å². The van der Waals surface area contributed by atoms with Gasteiger partial charge in [-0.05, 0) is 43.9 Å². The Bertz CT molecular complexity index is 967. The largest absolute Gasteiger partial charge is 0.481 e. The first-order chi connectivity index (χ1) is 12.3. The lowest BCUT2D eigenvalue weighted by molar-refractivity contribution is -0.383. The number of carboxylic acid groups (broad SMARTS) is 1. The average Bonchev–Trinajstić information content (AvgIpc) is 2.60. The van der Waals surface area contributed by atoms with Crippen molar-refractivity contribution in [3.05, 3.63) is 40.6 Å². The van der Waals surface area contributed by atoms with E-state index in [4.69, 9.17) is 5.11 Å². The number of aliphatic carboxylic acids is 1. The van der Waals surface area contributed by atoms with Crippen molar-refractivity contribution >= 4 is 32.6 Å². The fourth-order valence-corrected chi connectivity index (χ4v) is 4.71. The van der Waals surface area contributed by atoms with Gasteiger partial charge in [0.25, 0.3) is 5.69 Å². The summed E-state index contributed by atoms with van der Waals surface area (Å²) in [4.78, 5) is 25.5. The van der Waals surface area contributed by atoms with E-state index in [1.807, 2.05) is 0 Å². The molecule has 0 radical (unpaired) electrons. The van der Waals surface area contributed by atoms with Gasteiger partial charge in [-0.3, -0.25) is 19.9 Å². The highest BCUT2D eigenvalue weighted by atomic mass is 32.2. The Labute approximate surface area is 149 Å². The van der Waals surface area contributed by atoms with Crippen molar-refractivity contribution in [1.82, 2.24) is 9.71 Å². The Kier molecular flexibility index (Phi) is 4.88. The molecule has 1 heterocycles. The van der Waals surface area contributed by atoms with E-state index < -0.39 is 26.8 Å². The first-order valence-corrected chi connectivity index (χ1v) is 9.55. The van der Waals surface area contributed by atoms with Gasteiger partial charge in [0.1, 0.15) is 4.90 Å². The summed E-state index contributed by atoms with van der Waals surface area (Å²) in [5.74, 6) is -1.31. The van der Waals surface area contributed by atoms with E-state index in [0.717, 1.165) is 6.07 Å². The summed E-state index contributed by atoms with van der Waals surface area (Å²) in [5.41, 5.74) is -0.178.